The second-order valence-corrected chi connectivity index (χ2v) is 7.56. The Morgan fingerprint density at radius 1 is 1.30 bits per heavy atom. The minimum Gasteiger partial charge on any atom is -0.456 e. The molecule has 0 unspecified atom stereocenters. The number of amides is 1. The van der Waals surface area contributed by atoms with Crippen LogP contribution in [-0.4, -0.2) is 27.1 Å². The highest BCUT2D eigenvalue weighted by molar-refractivity contribution is 8.03. The van der Waals surface area contributed by atoms with Crippen molar-refractivity contribution in [3.63, 3.8) is 0 Å². The van der Waals surface area contributed by atoms with E-state index in [4.69, 9.17) is 4.74 Å². The molecule has 1 aromatic heterocycles. The minimum absolute atomic E-state index is 0.0247. The van der Waals surface area contributed by atoms with Gasteiger partial charge in [0.2, 0.25) is 0 Å². The average molecular weight is 400 g/mol. The molecule has 0 N–H and O–H groups in total. The van der Waals surface area contributed by atoms with Crippen molar-refractivity contribution in [1.82, 2.24) is 4.90 Å². The third kappa shape index (κ3) is 3.26. The molecule has 2 aromatic rings. The van der Waals surface area contributed by atoms with Crippen LogP contribution in [0.1, 0.15) is 11.1 Å². The molecule has 1 amide bonds. The Balaban J connectivity index is 1.38. The predicted molar refractivity (Wildman–Crippen MR) is 101 cm³/mol. The third-order valence-corrected chi connectivity index (χ3v) is 5.91. The van der Waals surface area contributed by atoms with Crippen LogP contribution in [0.3, 0.4) is 0 Å². The number of carbonyl (C=O) groups is 2. The van der Waals surface area contributed by atoms with Crippen molar-refractivity contribution in [2.75, 3.05) is 0 Å². The van der Waals surface area contributed by atoms with Crippen LogP contribution >= 0.6 is 23.1 Å². The van der Waals surface area contributed by atoms with E-state index < -0.39 is 10.9 Å². The van der Waals surface area contributed by atoms with Crippen molar-refractivity contribution >= 4 is 46.7 Å². The number of benzene rings is 1. The van der Waals surface area contributed by atoms with E-state index in [1.807, 2.05) is 22.9 Å². The second-order valence-electron chi connectivity index (χ2n) is 5.82. The largest absolute Gasteiger partial charge is 0.456 e. The number of hydrogen-bond donors (Lipinski definition) is 0. The van der Waals surface area contributed by atoms with Crippen LogP contribution < -0.4 is 0 Å². The van der Waals surface area contributed by atoms with Crippen molar-refractivity contribution in [2.24, 2.45) is 0 Å². The lowest BCUT2D eigenvalue weighted by Crippen LogP contribution is -2.51. The number of rotatable bonds is 5. The number of β-lactam (4-membered cyclic amide) rings is 1. The summed E-state index contributed by atoms with van der Waals surface area (Å²) in [6, 6.07) is 7.69. The quantitative estimate of drug-likeness (QED) is 0.251. The number of thiophene rings is 1. The molecule has 3 heterocycles. The number of nitro groups is 1. The topological polar surface area (TPSA) is 89.7 Å². The van der Waals surface area contributed by atoms with Gasteiger partial charge in [-0.3, -0.25) is 19.8 Å². The number of fused-ring (bicyclic) bond motifs is 1. The van der Waals surface area contributed by atoms with Crippen LogP contribution in [0.2, 0.25) is 0 Å². The zero-order valence-corrected chi connectivity index (χ0v) is 15.4. The van der Waals surface area contributed by atoms with Gasteiger partial charge in [0.1, 0.15) is 17.7 Å². The van der Waals surface area contributed by atoms with Gasteiger partial charge < -0.3 is 4.74 Å². The van der Waals surface area contributed by atoms with Crippen molar-refractivity contribution in [1.29, 1.82) is 0 Å². The Kier molecular flexibility index (Phi) is 4.54. The molecule has 0 bridgehead atoms. The number of non-ortho nitro benzene ring substituents is 1. The van der Waals surface area contributed by atoms with E-state index in [1.54, 1.807) is 16.7 Å². The van der Waals surface area contributed by atoms with Gasteiger partial charge in [-0.25, -0.2) is 4.79 Å². The van der Waals surface area contributed by atoms with Gasteiger partial charge in [0.15, 0.2) is 0 Å². The SMILES string of the molecule is O=C(OCc1ccc([N+](=O)[O-])cc1)C1=CS[C@@H]2C(=Cc3ccsc3)C(=O)N12. The fraction of sp³-hybridized carbons (Fsp3) is 0.111. The van der Waals surface area contributed by atoms with Crippen LogP contribution in [-0.2, 0) is 20.9 Å². The minimum atomic E-state index is -0.591. The van der Waals surface area contributed by atoms with E-state index in [0.717, 1.165) is 5.56 Å². The van der Waals surface area contributed by atoms with Gasteiger partial charge in [0.25, 0.3) is 11.6 Å². The monoisotopic (exact) mass is 400 g/mol. The molecule has 1 aromatic carbocycles. The number of ether oxygens (including phenoxy) is 1. The van der Waals surface area contributed by atoms with Crippen LogP contribution in [0.4, 0.5) is 5.69 Å². The molecule has 7 nitrogen and oxygen atoms in total. The normalized spacial score (nSPS) is 19.5. The Hall–Kier alpha value is -2.91. The van der Waals surface area contributed by atoms with Crippen LogP contribution in [0.25, 0.3) is 6.08 Å². The number of nitro benzene ring substituents is 1. The first-order valence-corrected chi connectivity index (χ1v) is 9.76. The van der Waals surface area contributed by atoms with Crippen molar-refractivity contribution in [2.45, 2.75) is 12.0 Å². The summed E-state index contributed by atoms with van der Waals surface area (Å²) >= 11 is 2.95. The second kappa shape index (κ2) is 7.01. The lowest BCUT2D eigenvalue weighted by atomic mass is 10.0. The van der Waals surface area contributed by atoms with Crippen LogP contribution in [0.15, 0.2) is 57.8 Å². The van der Waals surface area contributed by atoms with Gasteiger partial charge in [0, 0.05) is 17.5 Å². The zero-order chi connectivity index (χ0) is 19.0. The molecular weight excluding hydrogens is 388 g/mol. The molecule has 0 saturated carbocycles. The Bertz CT molecular complexity index is 980. The summed E-state index contributed by atoms with van der Waals surface area (Å²) in [5, 5.41) is 16.0. The molecular formula is C18H12N2O5S2. The Morgan fingerprint density at radius 2 is 2.07 bits per heavy atom. The number of nitrogens with zero attached hydrogens (tertiary/aromatic N) is 2. The fourth-order valence-corrected chi connectivity index (χ4v) is 4.46. The lowest BCUT2D eigenvalue weighted by molar-refractivity contribution is -0.384. The fourth-order valence-electron chi connectivity index (χ4n) is 2.73. The van der Waals surface area contributed by atoms with E-state index in [1.165, 1.54) is 40.9 Å². The van der Waals surface area contributed by atoms with Crippen molar-refractivity contribution in [3.8, 4) is 0 Å². The van der Waals surface area contributed by atoms with Crippen molar-refractivity contribution < 1.29 is 19.2 Å². The zero-order valence-electron chi connectivity index (χ0n) is 13.7. The summed E-state index contributed by atoms with van der Waals surface area (Å²) in [6.45, 7) is -0.0247. The molecule has 2 aliphatic heterocycles. The maximum Gasteiger partial charge on any atom is 0.355 e. The van der Waals surface area contributed by atoms with Gasteiger partial charge in [-0.2, -0.15) is 11.3 Å². The highest BCUT2D eigenvalue weighted by Gasteiger charge is 2.49. The summed E-state index contributed by atoms with van der Waals surface area (Å²) in [7, 11) is 0. The molecule has 1 saturated heterocycles. The standard InChI is InChI=1S/C18H12N2O5S2/c21-16-14(7-12-5-6-26-9-12)17-19(16)15(10-27-17)18(22)25-8-11-1-3-13(4-2-11)20(23)24/h1-7,9-10,17H,8H2/t17-/m1/s1. The van der Waals surface area contributed by atoms with Crippen molar-refractivity contribution in [3.05, 3.63) is 79.0 Å². The van der Waals surface area contributed by atoms with Crippen LogP contribution in [0.5, 0.6) is 0 Å². The lowest BCUT2D eigenvalue weighted by Gasteiger charge is -2.37. The Morgan fingerprint density at radius 3 is 2.74 bits per heavy atom. The van der Waals surface area contributed by atoms with E-state index in [-0.39, 0.29) is 29.3 Å². The smallest absolute Gasteiger partial charge is 0.355 e. The number of carbonyl (C=O) groups excluding carboxylic acids is 2. The van der Waals surface area contributed by atoms with Gasteiger partial charge in [0.05, 0.1) is 10.5 Å². The molecule has 1 fully saturated rings. The first-order chi connectivity index (χ1) is 13.0. The van der Waals surface area contributed by atoms with E-state index in [0.29, 0.717) is 11.1 Å². The van der Waals surface area contributed by atoms with Gasteiger partial charge >= 0.3 is 5.97 Å². The van der Waals surface area contributed by atoms with Gasteiger partial charge in [-0.15, -0.1) is 11.8 Å². The molecule has 1 atom stereocenters. The summed E-state index contributed by atoms with van der Waals surface area (Å²) in [4.78, 5) is 36.3. The van der Waals surface area contributed by atoms with Crippen LogP contribution in [0, 0.1) is 10.1 Å². The first kappa shape index (κ1) is 17.5. The molecule has 4 rings (SSSR count). The van der Waals surface area contributed by atoms with E-state index >= 15 is 0 Å². The molecule has 27 heavy (non-hydrogen) atoms. The summed E-state index contributed by atoms with van der Waals surface area (Å²) in [5.41, 5.74) is 2.45. The Labute approximate surface area is 162 Å². The number of thioether (sulfide) groups is 1. The first-order valence-electron chi connectivity index (χ1n) is 7.88. The highest BCUT2D eigenvalue weighted by Crippen LogP contribution is 2.45. The van der Waals surface area contributed by atoms with Gasteiger partial charge in [-0.05, 0) is 46.2 Å². The molecule has 0 aliphatic carbocycles. The molecule has 9 heteroatoms. The molecule has 0 radical (unpaired) electrons. The van der Waals surface area contributed by atoms with E-state index in [9.17, 15) is 19.7 Å². The maximum absolute atomic E-state index is 12.4. The van der Waals surface area contributed by atoms with E-state index in [2.05, 4.69) is 0 Å². The maximum atomic E-state index is 12.4. The summed E-state index contributed by atoms with van der Waals surface area (Å²) in [5.74, 6) is -0.791. The van der Waals surface area contributed by atoms with Gasteiger partial charge in [-0.1, -0.05) is 0 Å². The highest BCUT2D eigenvalue weighted by atomic mass is 32.2. The number of esters is 1. The summed E-state index contributed by atoms with van der Waals surface area (Å²) in [6.07, 6.45) is 1.84. The molecule has 0 spiro atoms. The number of hydrogen-bond acceptors (Lipinski definition) is 7. The predicted octanol–water partition coefficient (Wildman–Crippen LogP) is 3.54. The summed E-state index contributed by atoms with van der Waals surface area (Å²) < 4.78 is 5.25. The average Bonchev–Trinajstić information content (AvgIpc) is 3.32. The third-order valence-electron chi connectivity index (χ3n) is 4.13. The molecule has 2 aliphatic rings. The molecule has 136 valence electrons.